The smallest absolute Gasteiger partial charge is 0.273 e. The molecular formula is C17H11F3N4O3S. The van der Waals surface area contributed by atoms with E-state index in [9.17, 15) is 27.6 Å². The number of aromatic nitrogens is 2. The zero-order chi connectivity index (χ0) is 20.5. The van der Waals surface area contributed by atoms with Crippen LogP contribution in [0.4, 0.5) is 23.7 Å². The highest BCUT2D eigenvalue weighted by Crippen LogP contribution is 2.32. The maximum atomic E-state index is 12.9. The van der Waals surface area contributed by atoms with Crippen molar-refractivity contribution in [3.63, 3.8) is 0 Å². The van der Waals surface area contributed by atoms with Crippen LogP contribution in [-0.2, 0) is 15.8 Å². The van der Waals surface area contributed by atoms with E-state index in [2.05, 4.69) is 9.97 Å². The van der Waals surface area contributed by atoms with Gasteiger partial charge in [0, 0.05) is 18.0 Å². The van der Waals surface area contributed by atoms with Crippen molar-refractivity contribution in [2.24, 2.45) is 0 Å². The minimum Gasteiger partial charge on any atom is -0.273 e. The topological polar surface area (TPSA) is 92.3 Å². The van der Waals surface area contributed by atoms with Gasteiger partial charge in [-0.05, 0) is 30.5 Å². The second-order valence-electron chi connectivity index (χ2n) is 5.51. The van der Waals surface area contributed by atoms with E-state index in [-0.39, 0.29) is 5.69 Å². The number of rotatable bonds is 3. The van der Waals surface area contributed by atoms with Crippen LogP contribution >= 0.6 is 11.8 Å². The number of nitrogens with zero attached hydrogens (tertiary/aromatic N) is 3. The predicted molar refractivity (Wildman–Crippen MR) is 94.3 cm³/mol. The van der Waals surface area contributed by atoms with E-state index < -0.39 is 35.2 Å². The number of imide groups is 2. The highest BCUT2D eigenvalue weighted by Gasteiger charge is 2.38. The Morgan fingerprint density at radius 2 is 1.82 bits per heavy atom. The Morgan fingerprint density at radius 1 is 1.14 bits per heavy atom. The number of carbonyl (C=O) groups is 3. The highest BCUT2D eigenvalue weighted by molar-refractivity contribution is 7.98. The van der Waals surface area contributed by atoms with Crippen molar-refractivity contribution >= 4 is 41.4 Å². The third-order valence-corrected chi connectivity index (χ3v) is 4.25. The first-order valence-electron chi connectivity index (χ1n) is 7.65. The third-order valence-electron chi connectivity index (χ3n) is 3.68. The summed E-state index contributed by atoms with van der Waals surface area (Å²) in [4.78, 5) is 45.3. The molecule has 1 N–H and O–H groups in total. The minimum absolute atomic E-state index is 0.314. The van der Waals surface area contributed by atoms with Gasteiger partial charge in [0.1, 0.15) is 5.57 Å². The molecular weight excluding hydrogens is 397 g/mol. The number of alkyl halides is 3. The van der Waals surface area contributed by atoms with Gasteiger partial charge in [-0.1, -0.05) is 17.8 Å². The summed E-state index contributed by atoms with van der Waals surface area (Å²) in [7, 11) is 0. The zero-order valence-electron chi connectivity index (χ0n) is 14.1. The Labute approximate surface area is 160 Å². The summed E-state index contributed by atoms with van der Waals surface area (Å²) >= 11 is 1.29. The van der Waals surface area contributed by atoms with Crippen LogP contribution in [0.2, 0.25) is 0 Å². The lowest BCUT2D eigenvalue weighted by Crippen LogP contribution is -2.54. The van der Waals surface area contributed by atoms with Crippen molar-refractivity contribution in [1.82, 2.24) is 15.3 Å². The third kappa shape index (κ3) is 3.88. The molecule has 0 bridgehead atoms. The van der Waals surface area contributed by atoms with Gasteiger partial charge in [0.15, 0.2) is 5.16 Å². The fraction of sp³-hybridized carbons (Fsp3) is 0.118. The van der Waals surface area contributed by atoms with Gasteiger partial charge in [-0.15, -0.1) is 0 Å². The molecule has 0 saturated carbocycles. The van der Waals surface area contributed by atoms with E-state index in [4.69, 9.17) is 0 Å². The van der Waals surface area contributed by atoms with Crippen LogP contribution in [0, 0.1) is 0 Å². The first-order chi connectivity index (χ1) is 13.2. The summed E-state index contributed by atoms with van der Waals surface area (Å²) in [6.45, 7) is 0. The molecule has 1 aliphatic heterocycles. The molecule has 0 atom stereocenters. The number of barbiturate groups is 1. The number of benzene rings is 1. The van der Waals surface area contributed by atoms with Gasteiger partial charge < -0.3 is 0 Å². The van der Waals surface area contributed by atoms with Crippen molar-refractivity contribution in [2.75, 3.05) is 11.2 Å². The van der Waals surface area contributed by atoms with E-state index in [1.165, 1.54) is 24.2 Å². The average molecular weight is 408 g/mol. The van der Waals surface area contributed by atoms with Gasteiger partial charge in [-0.2, -0.15) is 13.2 Å². The molecule has 1 aromatic heterocycles. The number of anilines is 1. The second kappa shape index (κ2) is 7.43. The first kappa shape index (κ1) is 19.5. The average Bonchev–Trinajstić information content (AvgIpc) is 2.65. The second-order valence-corrected chi connectivity index (χ2v) is 6.28. The predicted octanol–water partition coefficient (Wildman–Crippen LogP) is 2.88. The lowest BCUT2D eigenvalue weighted by atomic mass is 10.1. The number of amides is 4. The molecule has 144 valence electrons. The van der Waals surface area contributed by atoms with Crippen molar-refractivity contribution in [1.29, 1.82) is 0 Å². The summed E-state index contributed by atoms with van der Waals surface area (Å²) in [6.07, 6.45) is 1.02. The molecule has 0 radical (unpaired) electrons. The van der Waals surface area contributed by atoms with Crippen LogP contribution < -0.4 is 10.2 Å². The standard InChI is InChI=1S/C17H11F3N4O3S/c1-28-15-21-7-9(8-22-15)5-12-13(25)23-16(27)24(14(12)26)11-4-2-3-10(6-11)17(18,19)20/h2-8H,1H3,(H,23,25,27)/b12-5+. The molecule has 0 unspecified atom stereocenters. The molecule has 28 heavy (non-hydrogen) atoms. The molecule has 2 aromatic rings. The number of thioether (sulfide) groups is 1. The van der Waals surface area contributed by atoms with Gasteiger partial charge in [-0.25, -0.2) is 19.7 Å². The number of urea groups is 1. The van der Waals surface area contributed by atoms with Crippen LogP contribution in [0.3, 0.4) is 0 Å². The molecule has 4 amide bonds. The minimum atomic E-state index is -4.66. The van der Waals surface area contributed by atoms with Gasteiger partial charge in [0.05, 0.1) is 11.3 Å². The number of halogens is 3. The van der Waals surface area contributed by atoms with Crippen LogP contribution in [0.25, 0.3) is 6.08 Å². The number of hydrogen-bond donors (Lipinski definition) is 1. The summed E-state index contributed by atoms with van der Waals surface area (Å²) < 4.78 is 38.8. The van der Waals surface area contributed by atoms with Crippen molar-refractivity contribution < 1.29 is 27.6 Å². The van der Waals surface area contributed by atoms with Gasteiger partial charge >= 0.3 is 12.2 Å². The lowest BCUT2D eigenvalue weighted by Gasteiger charge is -2.26. The van der Waals surface area contributed by atoms with Crippen LogP contribution in [0.5, 0.6) is 0 Å². The normalized spacial score (nSPS) is 16.5. The summed E-state index contributed by atoms with van der Waals surface area (Å²) in [5.74, 6) is -2.02. The van der Waals surface area contributed by atoms with Gasteiger partial charge in [0.25, 0.3) is 11.8 Å². The van der Waals surface area contributed by atoms with Crippen molar-refractivity contribution in [3.8, 4) is 0 Å². The van der Waals surface area contributed by atoms with E-state index in [0.717, 1.165) is 24.3 Å². The zero-order valence-corrected chi connectivity index (χ0v) is 15.0. The van der Waals surface area contributed by atoms with E-state index >= 15 is 0 Å². The Balaban J connectivity index is 1.99. The molecule has 11 heteroatoms. The Morgan fingerprint density at radius 3 is 2.43 bits per heavy atom. The molecule has 0 spiro atoms. The fourth-order valence-electron chi connectivity index (χ4n) is 2.39. The molecule has 1 aromatic carbocycles. The lowest BCUT2D eigenvalue weighted by molar-refractivity contribution is -0.137. The molecule has 1 aliphatic rings. The number of nitrogens with one attached hydrogen (secondary N) is 1. The Bertz CT molecular complexity index is 990. The molecule has 1 saturated heterocycles. The number of carbonyl (C=O) groups excluding carboxylic acids is 3. The van der Waals surface area contributed by atoms with Gasteiger partial charge in [0.2, 0.25) is 0 Å². The molecule has 2 heterocycles. The molecule has 1 fully saturated rings. The summed E-state index contributed by atoms with van der Waals surface area (Å²) in [5, 5.41) is 2.42. The first-order valence-corrected chi connectivity index (χ1v) is 8.88. The molecule has 7 nitrogen and oxygen atoms in total. The maximum absolute atomic E-state index is 12.9. The van der Waals surface area contributed by atoms with Crippen LogP contribution in [0.1, 0.15) is 11.1 Å². The monoisotopic (exact) mass is 408 g/mol. The Hall–Kier alpha value is -3.21. The highest BCUT2D eigenvalue weighted by atomic mass is 32.2. The van der Waals surface area contributed by atoms with E-state index in [1.807, 2.05) is 5.32 Å². The number of hydrogen-bond acceptors (Lipinski definition) is 6. The maximum Gasteiger partial charge on any atom is 0.416 e. The molecule has 0 aliphatic carbocycles. The van der Waals surface area contributed by atoms with Crippen LogP contribution in [-0.4, -0.2) is 34.1 Å². The van der Waals surface area contributed by atoms with Crippen molar-refractivity contribution in [2.45, 2.75) is 11.3 Å². The van der Waals surface area contributed by atoms with Crippen molar-refractivity contribution in [3.05, 3.63) is 53.4 Å². The quantitative estimate of drug-likeness (QED) is 0.363. The summed E-state index contributed by atoms with van der Waals surface area (Å²) in [5.41, 5.74) is -1.47. The largest absolute Gasteiger partial charge is 0.416 e. The van der Waals surface area contributed by atoms with E-state index in [1.54, 1.807) is 6.26 Å². The molecule has 3 rings (SSSR count). The van der Waals surface area contributed by atoms with Crippen LogP contribution in [0.15, 0.2) is 47.4 Å². The fourth-order valence-corrected chi connectivity index (χ4v) is 2.70. The summed E-state index contributed by atoms with van der Waals surface area (Å²) in [6, 6.07) is 2.55. The SMILES string of the molecule is CSc1ncc(/C=C2\C(=O)NC(=O)N(c3cccc(C(F)(F)F)c3)C2=O)cn1. The van der Waals surface area contributed by atoms with Gasteiger partial charge in [-0.3, -0.25) is 14.9 Å². The Kier molecular flexibility index (Phi) is 5.18. The van der Waals surface area contributed by atoms with E-state index in [0.29, 0.717) is 21.7 Å².